The van der Waals surface area contributed by atoms with Crippen LogP contribution in [0.5, 0.6) is 0 Å². The van der Waals surface area contributed by atoms with Crippen LogP contribution in [-0.4, -0.2) is 25.6 Å². The molecular formula is C9H11ClN4O. The summed E-state index contributed by atoms with van der Waals surface area (Å²) in [5.41, 5.74) is 0.843. The fourth-order valence-corrected chi connectivity index (χ4v) is 1.38. The minimum Gasteiger partial charge on any atom is -0.339 e. The van der Waals surface area contributed by atoms with E-state index in [0.717, 1.165) is 12.1 Å². The third-order valence-corrected chi connectivity index (χ3v) is 2.31. The van der Waals surface area contributed by atoms with Gasteiger partial charge in [0.1, 0.15) is 5.69 Å². The van der Waals surface area contributed by atoms with Crippen LogP contribution in [0.1, 0.15) is 12.3 Å². The lowest BCUT2D eigenvalue weighted by Gasteiger charge is -1.93. The normalized spacial score (nSPS) is 10.8. The molecule has 0 aliphatic carbocycles. The average molecular weight is 227 g/mol. The van der Waals surface area contributed by atoms with E-state index in [1.54, 1.807) is 12.5 Å². The lowest BCUT2D eigenvalue weighted by Crippen LogP contribution is -1.91. The molecule has 0 saturated carbocycles. The Hall–Kier alpha value is -1.36. The number of aromatic nitrogens is 4. The topological polar surface area (TPSA) is 56.7 Å². The standard InChI is InChI=1S/C9H11ClN4O/c1-14-6-11-5-7(14)9-12-8(15-13-9)3-2-4-10/h5-6H,2-4H2,1H3. The maximum absolute atomic E-state index is 5.58. The van der Waals surface area contributed by atoms with Crippen LogP contribution in [0.3, 0.4) is 0 Å². The zero-order valence-electron chi connectivity index (χ0n) is 8.35. The van der Waals surface area contributed by atoms with Gasteiger partial charge in [-0.15, -0.1) is 11.6 Å². The fourth-order valence-electron chi connectivity index (χ4n) is 1.25. The van der Waals surface area contributed by atoms with Gasteiger partial charge in [-0.05, 0) is 6.42 Å². The van der Waals surface area contributed by atoms with E-state index >= 15 is 0 Å². The first-order valence-electron chi connectivity index (χ1n) is 4.66. The molecule has 0 N–H and O–H groups in total. The second-order valence-electron chi connectivity index (χ2n) is 3.19. The molecule has 2 heterocycles. The zero-order valence-corrected chi connectivity index (χ0v) is 9.11. The Morgan fingerprint density at radius 1 is 1.53 bits per heavy atom. The van der Waals surface area contributed by atoms with Crippen LogP contribution in [0.2, 0.25) is 0 Å². The van der Waals surface area contributed by atoms with Gasteiger partial charge < -0.3 is 9.09 Å². The molecule has 0 aliphatic heterocycles. The maximum atomic E-state index is 5.58. The van der Waals surface area contributed by atoms with Gasteiger partial charge in [0.25, 0.3) is 0 Å². The van der Waals surface area contributed by atoms with Crippen LogP contribution < -0.4 is 0 Å². The van der Waals surface area contributed by atoms with Gasteiger partial charge in [-0.2, -0.15) is 4.98 Å². The first-order chi connectivity index (χ1) is 7.31. The third-order valence-electron chi connectivity index (χ3n) is 2.04. The average Bonchev–Trinajstić information content (AvgIpc) is 2.83. The number of alkyl halides is 1. The van der Waals surface area contributed by atoms with Gasteiger partial charge >= 0.3 is 0 Å². The summed E-state index contributed by atoms with van der Waals surface area (Å²) in [6.45, 7) is 0. The van der Waals surface area contributed by atoms with E-state index in [9.17, 15) is 0 Å². The van der Waals surface area contributed by atoms with Gasteiger partial charge in [-0.25, -0.2) is 4.98 Å². The maximum Gasteiger partial charge on any atom is 0.227 e. The third kappa shape index (κ3) is 2.18. The highest BCUT2D eigenvalue weighted by Crippen LogP contribution is 2.14. The van der Waals surface area contributed by atoms with Crippen LogP contribution in [-0.2, 0) is 13.5 Å². The number of rotatable bonds is 4. The number of imidazole rings is 1. The number of hydrogen-bond donors (Lipinski definition) is 0. The lowest BCUT2D eigenvalue weighted by atomic mass is 10.3. The molecule has 0 spiro atoms. The molecule has 6 heteroatoms. The Labute approximate surface area is 92.1 Å². The molecule has 2 aromatic heterocycles. The van der Waals surface area contributed by atoms with Crippen LogP contribution in [0.15, 0.2) is 17.0 Å². The summed E-state index contributed by atoms with van der Waals surface area (Å²) in [6, 6.07) is 0. The van der Waals surface area contributed by atoms with Crippen molar-refractivity contribution in [3.05, 3.63) is 18.4 Å². The molecule has 0 radical (unpaired) electrons. The smallest absolute Gasteiger partial charge is 0.227 e. The summed E-state index contributed by atoms with van der Waals surface area (Å²) >= 11 is 5.58. The van der Waals surface area contributed by atoms with Crippen LogP contribution in [0.25, 0.3) is 11.5 Å². The Morgan fingerprint density at radius 2 is 2.40 bits per heavy atom. The molecule has 80 valence electrons. The van der Waals surface area contributed by atoms with Gasteiger partial charge in [-0.1, -0.05) is 5.16 Å². The van der Waals surface area contributed by atoms with Crippen LogP contribution >= 0.6 is 11.6 Å². The van der Waals surface area contributed by atoms with E-state index in [4.69, 9.17) is 16.1 Å². The zero-order chi connectivity index (χ0) is 10.7. The van der Waals surface area contributed by atoms with Crippen LogP contribution in [0, 0.1) is 0 Å². The number of halogens is 1. The lowest BCUT2D eigenvalue weighted by molar-refractivity contribution is 0.378. The second-order valence-corrected chi connectivity index (χ2v) is 3.57. The highest BCUT2D eigenvalue weighted by atomic mass is 35.5. The second kappa shape index (κ2) is 4.44. The number of hydrogen-bond acceptors (Lipinski definition) is 4. The molecule has 0 aromatic carbocycles. The van der Waals surface area contributed by atoms with E-state index in [0.29, 0.717) is 24.0 Å². The fraction of sp³-hybridized carbons (Fsp3) is 0.444. The van der Waals surface area contributed by atoms with Gasteiger partial charge in [0.05, 0.1) is 12.5 Å². The minimum atomic E-state index is 0.569. The van der Waals surface area contributed by atoms with E-state index in [1.165, 1.54) is 0 Å². The van der Waals surface area contributed by atoms with Crippen molar-refractivity contribution < 1.29 is 4.52 Å². The molecule has 0 aliphatic rings. The predicted molar refractivity (Wildman–Crippen MR) is 55.5 cm³/mol. The van der Waals surface area contributed by atoms with E-state index in [-0.39, 0.29) is 0 Å². The van der Waals surface area contributed by atoms with Crippen molar-refractivity contribution in [3.8, 4) is 11.5 Å². The monoisotopic (exact) mass is 226 g/mol. The van der Waals surface area contributed by atoms with Gasteiger partial charge in [0, 0.05) is 19.3 Å². The molecule has 0 saturated heterocycles. The molecule has 0 fully saturated rings. The Kier molecular flexibility index (Phi) is 3.01. The van der Waals surface area contributed by atoms with E-state index in [2.05, 4.69) is 15.1 Å². The summed E-state index contributed by atoms with van der Waals surface area (Å²) in [7, 11) is 1.89. The van der Waals surface area contributed by atoms with Crippen LogP contribution in [0.4, 0.5) is 0 Å². The van der Waals surface area contributed by atoms with Crippen molar-refractivity contribution in [2.75, 3.05) is 5.88 Å². The molecule has 0 atom stereocenters. The largest absolute Gasteiger partial charge is 0.339 e. The van der Waals surface area contributed by atoms with E-state index in [1.807, 2.05) is 11.6 Å². The molecule has 2 rings (SSSR count). The van der Waals surface area contributed by atoms with Gasteiger partial charge in [0.15, 0.2) is 0 Å². The summed E-state index contributed by atoms with van der Waals surface area (Å²) in [6.07, 6.45) is 4.96. The summed E-state index contributed by atoms with van der Waals surface area (Å²) in [5, 5.41) is 3.88. The van der Waals surface area contributed by atoms with Crippen molar-refractivity contribution >= 4 is 11.6 Å². The van der Waals surface area contributed by atoms with E-state index < -0.39 is 0 Å². The molecule has 0 amide bonds. The molecule has 0 bridgehead atoms. The molecular weight excluding hydrogens is 216 g/mol. The Bertz CT molecular complexity index is 437. The molecule has 0 unspecified atom stereocenters. The van der Waals surface area contributed by atoms with Crippen molar-refractivity contribution in [2.45, 2.75) is 12.8 Å². The first kappa shape index (κ1) is 10.2. The molecule has 15 heavy (non-hydrogen) atoms. The minimum absolute atomic E-state index is 0.569. The van der Waals surface area contributed by atoms with Crippen molar-refractivity contribution in [3.63, 3.8) is 0 Å². The predicted octanol–water partition coefficient (Wildman–Crippen LogP) is 1.64. The molecule has 5 nitrogen and oxygen atoms in total. The van der Waals surface area contributed by atoms with Gasteiger partial charge in [-0.3, -0.25) is 0 Å². The SMILES string of the molecule is Cn1cncc1-c1noc(CCCCl)n1. The highest BCUT2D eigenvalue weighted by molar-refractivity contribution is 6.17. The summed E-state index contributed by atoms with van der Waals surface area (Å²) < 4.78 is 6.93. The Morgan fingerprint density at radius 3 is 3.07 bits per heavy atom. The highest BCUT2D eigenvalue weighted by Gasteiger charge is 2.10. The first-order valence-corrected chi connectivity index (χ1v) is 5.20. The van der Waals surface area contributed by atoms with Crippen molar-refractivity contribution in [2.24, 2.45) is 7.05 Å². The van der Waals surface area contributed by atoms with Gasteiger partial charge in [0.2, 0.25) is 11.7 Å². The quantitative estimate of drug-likeness (QED) is 0.744. The summed E-state index contributed by atoms with van der Waals surface area (Å²) in [5.74, 6) is 1.79. The van der Waals surface area contributed by atoms with Crippen molar-refractivity contribution in [1.29, 1.82) is 0 Å². The number of aryl methyl sites for hydroxylation is 2. The van der Waals surface area contributed by atoms with Crippen molar-refractivity contribution in [1.82, 2.24) is 19.7 Å². The number of nitrogens with zero attached hydrogens (tertiary/aromatic N) is 4. The summed E-state index contributed by atoms with van der Waals surface area (Å²) in [4.78, 5) is 8.24. The molecule has 2 aromatic rings. The Balaban J connectivity index is 2.17.